The Morgan fingerprint density at radius 3 is 2.52 bits per heavy atom. The number of rotatable bonds is 4. The summed E-state index contributed by atoms with van der Waals surface area (Å²) in [5, 5.41) is 6.37. The third-order valence-electron chi connectivity index (χ3n) is 5.16. The van der Waals surface area contributed by atoms with Crippen molar-refractivity contribution < 1.29 is 9.13 Å². The lowest BCUT2D eigenvalue weighted by molar-refractivity contribution is 0.414. The van der Waals surface area contributed by atoms with Gasteiger partial charge in [-0.25, -0.2) is 4.39 Å². The average molecular weight is 391 g/mol. The van der Waals surface area contributed by atoms with Crippen LogP contribution < -0.4 is 15.3 Å². The van der Waals surface area contributed by atoms with Crippen LogP contribution in [0, 0.1) is 19.7 Å². The van der Waals surface area contributed by atoms with Crippen LogP contribution in [0.25, 0.3) is 0 Å². The zero-order valence-electron chi connectivity index (χ0n) is 16.6. The van der Waals surface area contributed by atoms with Crippen molar-refractivity contribution in [2.24, 2.45) is 5.10 Å². The molecule has 0 fully saturated rings. The van der Waals surface area contributed by atoms with E-state index < -0.39 is 0 Å². The number of para-hydroxylation sites is 1. The number of hydrogen-bond acceptors (Lipinski definition) is 4. The number of aromatic nitrogens is 1. The number of hydrogen-bond donors (Lipinski definition) is 1. The van der Waals surface area contributed by atoms with E-state index in [4.69, 9.17) is 9.84 Å². The third-order valence-corrected chi connectivity index (χ3v) is 5.16. The number of ether oxygens (including phenoxy) is 1. The highest BCUT2D eigenvalue weighted by Gasteiger charge is 2.32. The summed E-state index contributed by atoms with van der Waals surface area (Å²) >= 11 is 0. The van der Waals surface area contributed by atoms with Crippen LogP contribution in [-0.4, -0.2) is 17.8 Å². The molecule has 0 spiro atoms. The molecule has 0 bridgehead atoms. The maximum absolute atomic E-state index is 14.6. The molecule has 1 aliphatic rings. The van der Waals surface area contributed by atoms with Crippen LogP contribution in [0.4, 0.5) is 10.1 Å². The van der Waals surface area contributed by atoms with Gasteiger partial charge in [0.15, 0.2) is 0 Å². The molecule has 3 aromatic rings. The fourth-order valence-corrected chi connectivity index (χ4v) is 3.82. The monoisotopic (exact) mass is 391 g/mol. The molecule has 0 radical (unpaired) electrons. The standard InChI is InChI=1S/C23H22FN3O2/c1-14-12-15(2)25-23(28)22(14)19-13-21(16-8-10-17(29-3)11-9-16)27(26-19)20-7-5-4-6-18(20)24/h4-12,21H,13H2,1-3H3,(H,25,28). The summed E-state index contributed by atoms with van der Waals surface area (Å²) in [6, 6.07) is 15.9. The second-order valence-corrected chi connectivity index (χ2v) is 7.18. The normalized spacial score (nSPS) is 16.1. The van der Waals surface area contributed by atoms with Gasteiger partial charge in [-0.1, -0.05) is 24.3 Å². The third kappa shape index (κ3) is 3.53. The summed E-state index contributed by atoms with van der Waals surface area (Å²) in [5.41, 5.74) is 4.02. The second-order valence-electron chi connectivity index (χ2n) is 7.18. The molecule has 6 heteroatoms. The average Bonchev–Trinajstić information content (AvgIpc) is 3.12. The van der Waals surface area contributed by atoms with Gasteiger partial charge in [0, 0.05) is 12.1 Å². The number of hydrazone groups is 1. The predicted molar refractivity (Wildman–Crippen MR) is 112 cm³/mol. The molecular weight excluding hydrogens is 369 g/mol. The van der Waals surface area contributed by atoms with Gasteiger partial charge in [0.05, 0.1) is 30.1 Å². The van der Waals surface area contributed by atoms with E-state index >= 15 is 0 Å². The van der Waals surface area contributed by atoms with Gasteiger partial charge in [-0.3, -0.25) is 9.80 Å². The van der Waals surface area contributed by atoms with E-state index in [2.05, 4.69) is 4.98 Å². The molecule has 4 rings (SSSR count). The van der Waals surface area contributed by atoms with Crippen molar-refractivity contribution in [1.29, 1.82) is 0 Å². The first-order chi connectivity index (χ1) is 14.0. The van der Waals surface area contributed by atoms with Gasteiger partial charge in [0.2, 0.25) is 0 Å². The minimum atomic E-state index is -0.356. The number of halogens is 1. The fraction of sp³-hybridized carbons (Fsp3) is 0.217. The van der Waals surface area contributed by atoms with E-state index in [9.17, 15) is 9.18 Å². The van der Waals surface area contributed by atoms with E-state index in [1.54, 1.807) is 30.3 Å². The maximum Gasteiger partial charge on any atom is 0.257 e. The molecule has 0 aliphatic carbocycles. The lowest BCUT2D eigenvalue weighted by Gasteiger charge is -2.24. The van der Waals surface area contributed by atoms with E-state index in [1.807, 2.05) is 44.2 Å². The second kappa shape index (κ2) is 7.54. The van der Waals surface area contributed by atoms with Crippen molar-refractivity contribution in [2.45, 2.75) is 26.3 Å². The fourth-order valence-electron chi connectivity index (χ4n) is 3.82. The first-order valence-corrected chi connectivity index (χ1v) is 9.44. The molecular formula is C23H22FN3O2. The number of nitrogens with one attached hydrogen (secondary N) is 1. The van der Waals surface area contributed by atoms with Gasteiger partial charge in [-0.15, -0.1) is 0 Å². The van der Waals surface area contributed by atoms with Crippen LogP contribution in [-0.2, 0) is 0 Å². The van der Waals surface area contributed by atoms with Crippen LogP contribution in [0.1, 0.15) is 34.8 Å². The highest BCUT2D eigenvalue weighted by molar-refractivity contribution is 6.04. The van der Waals surface area contributed by atoms with Crippen LogP contribution in [0.2, 0.25) is 0 Å². The molecule has 1 aliphatic heterocycles. The zero-order chi connectivity index (χ0) is 20.5. The van der Waals surface area contributed by atoms with Gasteiger partial charge in [-0.05, 0) is 55.3 Å². The quantitative estimate of drug-likeness (QED) is 0.713. The summed E-state index contributed by atoms with van der Waals surface area (Å²) < 4.78 is 19.8. The van der Waals surface area contributed by atoms with Crippen molar-refractivity contribution >= 4 is 11.4 Å². The minimum Gasteiger partial charge on any atom is -0.497 e. The van der Waals surface area contributed by atoms with Crippen LogP contribution >= 0.6 is 0 Å². The van der Waals surface area contributed by atoms with Crippen molar-refractivity contribution in [2.75, 3.05) is 12.1 Å². The minimum absolute atomic E-state index is 0.176. The Hall–Kier alpha value is -3.41. The lowest BCUT2D eigenvalue weighted by atomic mass is 9.96. The molecule has 1 unspecified atom stereocenters. The number of aryl methyl sites for hydroxylation is 2. The Kier molecular flexibility index (Phi) is 4.92. The number of nitrogens with zero attached hydrogens (tertiary/aromatic N) is 2. The lowest BCUT2D eigenvalue weighted by Crippen LogP contribution is -2.20. The summed E-state index contributed by atoms with van der Waals surface area (Å²) in [7, 11) is 1.61. The molecule has 0 saturated heterocycles. The molecule has 29 heavy (non-hydrogen) atoms. The van der Waals surface area contributed by atoms with E-state index in [0.29, 0.717) is 23.4 Å². The Balaban J connectivity index is 1.82. The molecule has 1 N–H and O–H groups in total. The molecule has 0 saturated carbocycles. The van der Waals surface area contributed by atoms with E-state index in [-0.39, 0.29) is 17.4 Å². The van der Waals surface area contributed by atoms with Crippen LogP contribution in [0.15, 0.2) is 64.5 Å². The van der Waals surface area contributed by atoms with Crippen molar-refractivity contribution in [3.63, 3.8) is 0 Å². The zero-order valence-corrected chi connectivity index (χ0v) is 16.6. The van der Waals surface area contributed by atoms with Crippen molar-refractivity contribution in [3.05, 3.63) is 93.2 Å². The summed E-state index contributed by atoms with van der Waals surface area (Å²) in [4.78, 5) is 15.5. The summed E-state index contributed by atoms with van der Waals surface area (Å²) in [6.07, 6.45) is 0.494. The molecule has 2 aromatic carbocycles. The van der Waals surface area contributed by atoms with Gasteiger partial charge in [0.25, 0.3) is 5.56 Å². The Labute approximate surface area is 168 Å². The largest absolute Gasteiger partial charge is 0.497 e. The summed E-state index contributed by atoms with van der Waals surface area (Å²) in [5.74, 6) is 0.390. The number of pyridine rings is 1. The number of H-pyrrole nitrogens is 1. The molecule has 1 aromatic heterocycles. The SMILES string of the molecule is COc1ccc(C2CC(c3c(C)cc(C)[nH]c3=O)=NN2c2ccccc2F)cc1. The topological polar surface area (TPSA) is 57.7 Å². The molecule has 0 amide bonds. The Morgan fingerprint density at radius 1 is 1.14 bits per heavy atom. The van der Waals surface area contributed by atoms with Crippen LogP contribution in [0.5, 0.6) is 5.75 Å². The highest BCUT2D eigenvalue weighted by Crippen LogP contribution is 2.38. The highest BCUT2D eigenvalue weighted by atomic mass is 19.1. The summed E-state index contributed by atoms with van der Waals surface area (Å²) in [6.45, 7) is 3.74. The van der Waals surface area contributed by atoms with E-state index in [1.165, 1.54) is 6.07 Å². The van der Waals surface area contributed by atoms with Gasteiger partial charge < -0.3 is 9.72 Å². The van der Waals surface area contributed by atoms with Gasteiger partial charge in [-0.2, -0.15) is 5.10 Å². The first-order valence-electron chi connectivity index (χ1n) is 9.44. The number of anilines is 1. The van der Waals surface area contributed by atoms with Gasteiger partial charge >= 0.3 is 0 Å². The molecule has 5 nitrogen and oxygen atoms in total. The van der Waals surface area contributed by atoms with Crippen molar-refractivity contribution in [1.82, 2.24) is 4.98 Å². The molecule has 1 atom stereocenters. The molecule has 148 valence electrons. The maximum atomic E-state index is 14.6. The number of methoxy groups -OCH3 is 1. The number of benzene rings is 2. The number of aromatic amines is 1. The van der Waals surface area contributed by atoms with E-state index in [0.717, 1.165) is 22.6 Å². The van der Waals surface area contributed by atoms with Crippen LogP contribution in [0.3, 0.4) is 0 Å². The smallest absolute Gasteiger partial charge is 0.257 e. The predicted octanol–water partition coefficient (Wildman–Crippen LogP) is 4.50. The van der Waals surface area contributed by atoms with Gasteiger partial charge in [0.1, 0.15) is 11.6 Å². The first kappa shape index (κ1) is 18.9. The van der Waals surface area contributed by atoms with Crippen molar-refractivity contribution in [3.8, 4) is 5.75 Å². The Bertz CT molecular complexity index is 1140. The molecule has 2 heterocycles. The Morgan fingerprint density at radius 2 is 1.86 bits per heavy atom.